The second kappa shape index (κ2) is 8.27. The smallest absolute Gasteiger partial charge is 0.253 e. The lowest BCUT2D eigenvalue weighted by Crippen LogP contribution is -2.28. The van der Waals surface area contributed by atoms with Crippen molar-refractivity contribution in [3.8, 4) is 16.9 Å². The Bertz CT molecular complexity index is 1260. The topological polar surface area (TPSA) is 71.5 Å². The summed E-state index contributed by atoms with van der Waals surface area (Å²) in [6.07, 6.45) is 2.57. The zero-order valence-corrected chi connectivity index (χ0v) is 18.7. The van der Waals surface area contributed by atoms with Gasteiger partial charge >= 0.3 is 0 Å². The first-order chi connectivity index (χ1) is 15.4. The highest BCUT2D eigenvalue weighted by molar-refractivity contribution is 7.19. The first-order valence-electron chi connectivity index (χ1n) is 10.1. The molecule has 5 rings (SSSR count). The van der Waals surface area contributed by atoms with Crippen LogP contribution in [0.2, 0.25) is 5.02 Å². The fourth-order valence-electron chi connectivity index (χ4n) is 4.00. The predicted molar refractivity (Wildman–Crippen MR) is 122 cm³/mol. The van der Waals surface area contributed by atoms with Gasteiger partial charge in [0, 0.05) is 52.5 Å². The molecule has 2 amide bonds. The number of hydrogen-bond acceptors (Lipinski definition) is 6. The summed E-state index contributed by atoms with van der Waals surface area (Å²) in [5.41, 5.74) is 3.16. The summed E-state index contributed by atoms with van der Waals surface area (Å²) >= 11 is 7.83. The van der Waals surface area contributed by atoms with Crippen molar-refractivity contribution in [3.63, 3.8) is 0 Å². The molecule has 0 bridgehead atoms. The molecular formula is C23H19ClFN3O3S. The van der Waals surface area contributed by atoms with Crippen LogP contribution in [-0.2, 0) is 16.1 Å². The van der Waals surface area contributed by atoms with E-state index in [2.05, 4.69) is 10.3 Å². The summed E-state index contributed by atoms with van der Waals surface area (Å²) in [6.45, 7) is 2.77. The van der Waals surface area contributed by atoms with Crippen LogP contribution in [0.15, 0.2) is 42.6 Å². The lowest BCUT2D eigenvalue weighted by Gasteiger charge is -2.20. The molecule has 2 aliphatic heterocycles. The number of nitrogens with one attached hydrogen (secondary N) is 1. The number of imide groups is 1. The molecule has 9 heteroatoms. The second-order valence-corrected chi connectivity index (χ2v) is 9.38. The van der Waals surface area contributed by atoms with E-state index in [9.17, 15) is 14.0 Å². The lowest BCUT2D eigenvalue weighted by molar-refractivity contribution is -0.137. The molecule has 3 aromatic rings. The monoisotopic (exact) mass is 471 g/mol. The molecule has 1 aromatic carbocycles. The maximum atomic E-state index is 14.2. The SMILES string of the molecule is Cc1cc(Cl)cc(-c2ccnc3cc(CN4C(=O)C=CC4=O)sc23)c1O[C@@H]1CNC[C@@H]1F. The summed E-state index contributed by atoms with van der Waals surface area (Å²) in [5.74, 6) is -0.0669. The number of benzene rings is 1. The van der Waals surface area contributed by atoms with Gasteiger partial charge in [-0.05, 0) is 36.8 Å². The van der Waals surface area contributed by atoms with Gasteiger partial charge in [-0.1, -0.05) is 11.6 Å². The number of hydrogen-bond donors (Lipinski definition) is 1. The number of nitrogens with zero attached hydrogens (tertiary/aromatic N) is 2. The van der Waals surface area contributed by atoms with Gasteiger partial charge in [-0.25, -0.2) is 4.39 Å². The van der Waals surface area contributed by atoms with E-state index in [1.165, 1.54) is 28.4 Å². The van der Waals surface area contributed by atoms with Crippen LogP contribution < -0.4 is 10.1 Å². The third-order valence-corrected chi connectivity index (χ3v) is 6.93. The fraction of sp³-hybridized carbons (Fsp3) is 0.261. The minimum absolute atomic E-state index is 0.181. The van der Waals surface area contributed by atoms with E-state index in [0.717, 1.165) is 31.8 Å². The van der Waals surface area contributed by atoms with Gasteiger partial charge in [-0.3, -0.25) is 19.5 Å². The molecule has 2 aliphatic rings. The summed E-state index contributed by atoms with van der Waals surface area (Å²) in [6, 6.07) is 7.35. The Morgan fingerprint density at radius 3 is 2.72 bits per heavy atom. The van der Waals surface area contributed by atoms with Crippen molar-refractivity contribution in [1.82, 2.24) is 15.2 Å². The Labute approximate surface area is 192 Å². The number of aryl methyl sites for hydroxylation is 1. The van der Waals surface area contributed by atoms with E-state index < -0.39 is 12.3 Å². The highest BCUT2D eigenvalue weighted by Crippen LogP contribution is 2.42. The van der Waals surface area contributed by atoms with Gasteiger partial charge in [0.15, 0.2) is 6.17 Å². The quantitative estimate of drug-likeness (QED) is 0.569. The molecule has 2 aromatic heterocycles. The second-order valence-electron chi connectivity index (χ2n) is 7.81. The molecule has 1 fully saturated rings. The zero-order chi connectivity index (χ0) is 22.4. The van der Waals surface area contributed by atoms with Crippen LogP contribution in [-0.4, -0.2) is 47.1 Å². The number of amides is 2. The van der Waals surface area contributed by atoms with Crippen LogP contribution in [0.5, 0.6) is 5.75 Å². The Balaban J connectivity index is 1.56. The number of thiophene rings is 1. The standard InChI is InChI=1S/C23H19ClFN3O3S/c1-12-6-13(24)7-16(22(12)31-19-10-26-9-17(19)25)15-4-5-27-18-8-14(32-23(15)18)11-28-20(29)2-3-21(28)30/h2-8,17,19,26H,9-11H2,1H3/t17-,19+/m0/s1. The van der Waals surface area contributed by atoms with Crippen LogP contribution in [0.1, 0.15) is 10.4 Å². The van der Waals surface area contributed by atoms with Gasteiger partial charge in [-0.15, -0.1) is 11.3 Å². The summed E-state index contributed by atoms with van der Waals surface area (Å²) in [7, 11) is 0. The number of pyridine rings is 1. The first-order valence-corrected chi connectivity index (χ1v) is 11.3. The molecule has 6 nitrogen and oxygen atoms in total. The van der Waals surface area contributed by atoms with Crippen molar-refractivity contribution in [3.05, 3.63) is 58.1 Å². The molecule has 0 radical (unpaired) electrons. The van der Waals surface area contributed by atoms with Crippen molar-refractivity contribution in [2.45, 2.75) is 25.7 Å². The van der Waals surface area contributed by atoms with Gasteiger partial charge < -0.3 is 10.1 Å². The van der Waals surface area contributed by atoms with Crippen LogP contribution in [0, 0.1) is 6.92 Å². The van der Waals surface area contributed by atoms with E-state index in [4.69, 9.17) is 16.3 Å². The molecule has 0 aliphatic carbocycles. The minimum Gasteiger partial charge on any atom is -0.485 e. The normalized spacial score (nSPS) is 20.7. The van der Waals surface area contributed by atoms with Crippen molar-refractivity contribution < 1.29 is 18.7 Å². The molecule has 4 heterocycles. The highest BCUT2D eigenvalue weighted by atomic mass is 35.5. The van der Waals surface area contributed by atoms with Crippen molar-refractivity contribution in [1.29, 1.82) is 0 Å². The van der Waals surface area contributed by atoms with E-state index in [0.29, 0.717) is 17.3 Å². The maximum Gasteiger partial charge on any atom is 0.253 e. The maximum absolute atomic E-state index is 14.2. The number of aromatic nitrogens is 1. The Morgan fingerprint density at radius 2 is 2.00 bits per heavy atom. The zero-order valence-electron chi connectivity index (χ0n) is 17.1. The number of alkyl halides is 1. The first kappa shape index (κ1) is 21.1. The lowest BCUT2D eigenvalue weighted by atomic mass is 10.0. The molecule has 1 N–H and O–H groups in total. The molecule has 32 heavy (non-hydrogen) atoms. The van der Waals surface area contributed by atoms with Gasteiger partial charge in [0.1, 0.15) is 11.9 Å². The van der Waals surface area contributed by atoms with Crippen LogP contribution in [0.3, 0.4) is 0 Å². The number of fused-ring (bicyclic) bond motifs is 1. The fourth-order valence-corrected chi connectivity index (χ4v) is 5.40. The van der Waals surface area contributed by atoms with Gasteiger partial charge in [0.2, 0.25) is 0 Å². The van der Waals surface area contributed by atoms with Gasteiger partial charge in [0.05, 0.1) is 16.8 Å². The number of carbonyl (C=O) groups excluding carboxylic acids is 2. The number of rotatable bonds is 5. The van der Waals surface area contributed by atoms with Crippen molar-refractivity contribution in [2.24, 2.45) is 0 Å². The summed E-state index contributed by atoms with van der Waals surface area (Å²) in [4.78, 5) is 30.4. The van der Waals surface area contributed by atoms with E-state index in [1.54, 1.807) is 12.3 Å². The van der Waals surface area contributed by atoms with E-state index in [-0.39, 0.29) is 24.9 Å². The highest BCUT2D eigenvalue weighted by Gasteiger charge is 2.30. The van der Waals surface area contributed by atoms with Crippen molar-refractivity contribution in [2.75, 3.05) is 13.1 Å². The molecule has 2 atom stereocenters. The van der Waals surface area contributed by atoms with Crippen LogP contribution in [0.4, 0.5) is 4.39 Å². The number of halogens is 2. The average molecular weight is 472 g/mol. The van der Waals surface area contributed by atoms with Gasteiger partial charge in [0.25, 0.3) is 11.8 Å². The van der Waals surface area contributed by atoms with E-state index in [1.807, 2.05) is 25.1 Å². The average Bonchev–Trinajstić information content (AvgIpc) is 3.44. The van der Waals surface area contributed by atoms with Crippen LogP contribution in [0.25, 0.3) is 21.3 Å². The molecule has 0 spiro atoms. The molecule has 1 saturated heterocycles. The molecule has 164 valence electrons. The molecule has 0 unspecified atom stereocenters. The third-order valence-electron chi connectivity index (χ3n) is 5.56. The predicted octanol–water partition coefficient (Wildman–Crippen LogP) is 4.04. The Morgan fingerprint density at radius 1 is 1.22 bits per heavy atom. The van der Waals surface area contributed by atoms with Gasteiger partial charge in [-0.2, -0.15) is 0 Å². The Kier molecular flexibility index (Phi) is 5.44. The number of ether oxygens (including phenoxy) is 1. The minimum atomic E-state index is -1.09. The summed E-state index contributed by atoms with van der Waals surface area (Å²) in [5, 5.41) is 3.56. The molecule has 0 saturated carbocycles. The molecular weight excluding hydrogens is 453 g/mol. The van der Waals surface area contributed by atoms with Crippen LogP contribution >= 0.6 is 22.9 Å². The Hall–Kier alpha value is -2.81. The van der Waals surface area contributed by atoms with Crippen molar-refractivity contribution >= 4 is 45.0 Å². The number of carbonyl (C=O) groups is 2. The van der Waals surface area contributed by atoms with E-state index >= 15 is 0 Å². The largest absolute Gasteiger partial charge is 0.485 e. The summed E-state index contributed by atoms with van der Waals surface area (Å²) < 4.78 is 21.3. The third kappa shape index (κ3) is 3.79.